The molecule has 0 aromatic heterocycles. The maximum Gasteiger partial charge on any atom is 0.416 e. The monoisotopic (exact) mass is 329 g/mol. The third-order valence-corrected chi connectivity index (χ3v) is 3.86. The molecule has 0 unspecified atom stereocenters. The van der Waals surface area contributed by atoms with Gasteiger partial charge in [-0.15, -0.1) is 0 Å². The van der Waals surface area contributed by atoms with E-state index in [-0.39, 0.29) is 17.9 Å². The average Bonchev–Trinajstić information content (AvgIpc) is 2.52. The Balaban J connectivity index is 1.74. The molecule has 1 aromatic rings. The van der Waals surface area contributed by atoms with Crippen LogP contribution in [-0.2, 0) is 17.4 Å². The van der Waals surface area contributed by atoms with Crippen LogP contribution in [0.5, 0.6) is 0 Å². The number of carbonyl (C=O) groups is 1. The predicted octanol–water partition coefficient (Wildman–Crippen LogP) is 1.66. The second kappa shape index (κ2) is 8.31. The topological polar surface area (TPSA) is 44.4 Å². The van der Waals surface area contributed by atoms with Crippen LogP contribution in [0.4, 0.5) is 13.2 Å². The van der Waals surface area contributed by atoms with Gasteiger partial charge in [0.25, 0.3) is 0 Å². The van der Waals surface area contributed by atoms with Crippen molar-refractivity contribution in [2.24, 2.45) is 0 Å². The maximum absolute atomic E-state index is 12.9. The van der Waals surface area contributed by atoms with Gasteiger partial charge in [0, 0.05) is 32.7 Å². The van der Waals surface area contributed by atoms with Gasteiger partial charge in [0.05, 0.1) is 12.0 Å². The molecule has 2 rings (SSSR count). The molecule has 1 saturated heterocycles. The Labute approximate surface area is 134 Å². The summed E-state index contributed by atoms with van der Waals surface area (Å²) in [5, 5.41) is 5.97. The Morgan fingerprint density at radius 1 is 1.22 bits per heavy atom. The number of nitrogens with zero attached hydrogens (tertiary/aromatic N) is 1. The number of hydrogen-bond donors (Lipinski definition) is 2. The number of hydrogen-bond acceptors (Lipinski definition) is 3. The van der Waals surface area contributed by atoms with Gasteiger partial charge in [-0.05, 0) is 24.6 Å². The molecular formula is C16H22F3N3O. The first-order valence-electron chi connectivity index (χ1n) is 7.81. The molecule has 1 aliphatic heterocycles. The number of rotatable bonds is 6. The smallest absolute Gasteiger partial charge is 0.356 e. The minimum Gasteiger partial charge on any atom is -0.356 e. The van der Waals surface area contributed by atoms with E-state index in [1.807, 2.05) is 0 Å². The summed E-state index contributed by atoms with van der Waals surface area (Å²) in [5.74, 6) is -0.373. The lowest BCUT2D eigenvalue weighted by atomic mass is 10.0. The third kappa shape index (κ3) is 5.84. The lowest BCUT2D eigenvalue weighted by molar-refractivity contribution is -0.138. The largest absolute Gasteiger partial charge is 0.416 e. The first-order valence-corrected chi connectivity index (χ1v) is 7.81. The number of piperazine rings is 1. The molecular weight excluding hydrogens is 307 g/mol. The fourth-order valence-electron chi connectivity index (χ4n) is 2.65. The first-order chi connectivity index (χ1) is 11.0. The SMILES string of the molecule is O=C(Cc1ccccc1C(F)(F)F)NCCCN1CCNCC1. The van der Waals surface area contributed by atoms with Crippen molar-refractivity contribution in [1.29, 1.82) is 0 Å². The number of alkyl halides is 3. The van der Waals surface area contributed by atoms with E-state index in [1.165, 1.54) is 18.2 Å². The summed E-state index contributed by atoms with van der Waals surface area (Å²) >= 11 is 0. The van der Waals surface area contributed by atoms with Crippen molar-refractivity contribution in [3.05, 3.63) is 35.4 Å². The van der Waals surface area contributed by atoms with Crippen molar-refractivity contribution in [2.45, 2.75) is 19.0 Å². The molecule has 7 heteroatoms. The van der Waals surface area contributed by atoms with Gasteiger partial charge in [-0.2, -0.15) is 13.2 Å². The van der Waals surface area contributed by atoms with Crippen molar-refractivity contribution < 1.29 is 18.0 Å². The number of nitrogens with one attached hydrogen (secondary N) is 2. The van der Waals surface area contributed by atoms with Gasteiger partial charge >= 0.3 is 6.18 Å². The Morgan fingerprint density at radius 2 is 1.91 bits per heavy atom. The summed E-state index contributed by atoms with van der Waals surface area (Å²) < 4.78 is 38.6. The zero-order valence-electron chi connectivity index (χ0n) is 13.0. The van der Waals surface area contributed by atoms with E-state index in [1.54, 1.807) is 0 Å². The van der Waals surface area contributed by atoms with Crippen molar-refractivity contribution in [3.8, 4) is 0 Å². The fourth-order valence-corrected chi connectivity index (χ4v) is 2.65. The Kier molecular flexibility index (Phi) is 6.41. The highest BCUT2D eigenvalue weighted by molar-refractivity contribution is 5.78. The zero-order valence-corrected chi connectivity index (χ0v) is 13.0. The molecule has 1 aromatic carbocycles. The van der Waals surface area contributed by atoms with E-state index in [2.05, 4.69) is 15.5 Å². The second-order valence-corrected chi connectivity index (χ2v) is 5.63. The van der Waals surface area contributed by atoms with Crippen LogP contribution in [0, 0.1) is 0 Å². The average molecular weight is 329 g/mol. The van der Waals surface area contributed by atoms with Crippen LogP contribution in [0.15, 0.2) is 24.3 Å². The van der Waals surface area contributed by atoms with Crippen LogP contribution >= 0.6 is 0 Å². The van der Waals surface area contributed by atoms with Gasteiger partial charge in [-0.25, -0.2) is 0 Å². The van der Waals surface area contributed by atoms with Gasteiger partial charge in [-0.1, -0.05) is 18.2 Å². The minimum absolute atomic E-state index is 0.0135. The van der Waals surface area contributed by atoms with E-state index in [0.29, 0.717) is 6.54 Å². The van der Waals surface area contributed by atoms with Crippen molar-refractivity contribution in [1.82, 2.24) is 15.5 Å². The van der Waals surface area contributed by atoms with Gasteiger partial charge in [0.15, 0.2) is 0 Å². The molecule has 0 atom stereocenters. The number of amides is 1. The van der Waals surface area contributed by atoms with Crippen LogP contribution in [0.1, 0.15) is 17.5 Å². The quantitative estimate of drug-likeness (QED) is 0.780. The molecule has 0 bridgehead atoms. The third-order valence-electron chi connectivity index (χ3n) is 3.86. The van der Waals surface area contributed by atoms with Gasteiger partial charge in [0.1, 0.15) is 0 Å². The number of halogens is 3. The van der Waals surface area contributed by atoms with Gasteiger partial charge in [-0.3, -0.25) is 4.79 Å². The Bertz CT molecular complexity index is 514. The first kappa shape index (κ1) is 17.7. The summed E-state index contributed by atoms with van der Waals surface area (Å²) in [6.07, 6.45) is -3.88. The normalized spacial score (nSPS) is 16.3. The molecule has 0 saturated carbocycles. The van der Waals surface area contributed by atoms with E-state index in [9.17, 15) is 18.0 Å². The van der Waals surface area contributed by atoms with Crippen LogP contribution in [0.2, 0.25) is 0 Å². The van der Waals surface area contributed by atoms with Gasteiger partial charge in [0.2, 0.25) is 5.91 Å². The van der Waals surface area contributed by atoms with Gasteiger partial charge < -0.3 is 15.5 Å². The van der Waals surface area contributed by atoms with Crippen molar-refractivity contribution in [2.75, 3.05) is 39.3 Å². The van der Waals surface area contributed by atoms with Crippen LogP contribution in [-0.4, -0.2) is 50.1 Å². The highest BCUT2D eigenvalue weighted by Gasteiger charge is 2.33. The summed E-state index contributed by atoms with van der Waals surface area (Å²) in [6.45, 7) is 5.30. The lowest BCUT2D eigenvalue weighted by Crippen LogP contribution is -2.44. The molecule has 1 heterocycles. The molecule has 128 valence electrons. The zero-order chi connectivity index (χ0) is 16.7. The van der Waals surface area contributed by atoms with E-state index < -0.39 is 11.7 Å². The molecule has 0 aliphatic carbocycles. The summed E-state index contributed by atoms with van der Waals surface area (Å²) in [4.78, 5) is 14.1. The van der Waals surface area contributed by atoms with Crippen molar-refractivity contribution >= 4 is 5.91 Å². The molecule has 1 fully saturated rings. The Hall–Kier alpha value is -1.60. The molecule has 23 heavy (non-hydrogen) atoms. The van der Waals surface area contributed by atoms with Crippen LogP contribution < -0.4 is 10.6 Å². The predicted molar refractivity (Wildman–Crippen MR) is 82.1 cm³/mol. The molecule has 1 aliphatic rings. The lowest BCUT2D eigenvalue weighted by Gasteiger charge is -2.27. The molecule has 1 amide bonds. The summed E-state index contributed by atoms with van der Waals surface area (Å²) in [5.41, 5.74) is -0.726. The standard InChI is InChI=1S/C16H22F3N3O/c17-16(18,19)14-5-2-1-4-13(14)12-15(23)21-6-3-9-22-10-7-20-8-11-22/h1-2,4-5,20H,3,6-12H2,(H,21,23). The van der Waals surface area contributed by atoms with Crippen LogP contribution in [0.3, 0.4) is 0 Å². The molecule has 0 radical (unpaired) electrons. The number of benzene rings is 1. The number of carbonyl (C=O) groups excluding carboxylic acids is 1. The van der Waals surface area contributed by atoms with E-state index in [0.717, 1.165) is 45.2 Å². The minimum atomic E-state index is -4.43. The fraction of sp³-hybridized carbons (Fsp3) is 0.562. The molecule has 4 nitrogen and oxygen atoms in total. The summed E-state index contributed by atoms with van der Waals surface area (Å²) in [7, 11) is 0. The second-order valence-electron chi connectivity index (χ2n) is 5.63. The summed E-state index contributed by atoms with van der Waals surface area (Å²) in [6, 6.07) is 5.20. The van der Waals surface area contributed by atoms with Crippen LogP contribution in [0.25, 0.3) is 0 Å². The highest BCUT2D eigenvalue weighted by atomic mass is 19.4. The highest BCUT2D eigenvalue weighted by Crippen LogP contribution is 2.31. The molecule has 0 spiro atoms. The van der Waals surface area contributed by atoms with E-state index >= 15 is 0 Å². The van der Waals surface area contributed by atoms with E-state index in [4.69, 9.17) is 0 Å². The maximum atomic E-state index is 12.9. The molecule has 2 N–H and O–H groups in total. The Morgan fingerprint density at radius 3 is 2.61 bits per heavy atom. The van der Waals surface area contributed by atoms with Crippen molar-refractivity contribution in [3.63, 3.8) is 0 Å².